The van der Waals surface area contributed by atoms with Gasteiger partial charge < -0.3 is 23.7 Å². The Bertz CT molecular complexity index is 927. The molecule has 0 aromatic heterocycles. The van der Waals surface area contributed by atoms with Crippen LogP contribution in [0.5, 0.6) is 23.0 Å². The number of nitrogens with zero attached hydrogens (tertiary/aromatic N) is 1. The van der Waals surface area contributed by atoms with Crippen LogP contribution in [0.2, 0.25) is 0 Å². The zero-order valence-corrected chi connectivity index (χ0v) is 15.1. The van der Waals surface area contributed by atoms with Crippen LogP contribution in [0.25, 0.3) is 0 Å². The molecule has 0 radical (unpaired) electrons. The van der Waals surface area contributed by atoms with Crippen molar-refractivity contribution >= 4 is 6.09 Å². The summed E-state index contributed by atoms with van der Waals surface area (Å²) in [7, 11) is 3.24. The third-order valence-corrected chi connectivity index (χ3v) is 5.40. The molecule has 7 heteroatoms. The van der Waals surface area contributed by atoms with E-state index in [1.165, 1.54) is 0 Å². The standard InChI is InChI=1S/C20H19NO6/c1-23-13-3-4-16(24-2)15(7-13)19-14-8-18-17(26-10-27-18)6-11(14)5-12-9-25-20(22)21(12)19/h3-4,6-8,12,19H,5,9-10H2,1-2H3/t12-,19-/m1/s1. The van der Waals surface area contributed by atoms with E-state index in [-0.39, 0.29) is 25.0 Å². The van der Waals surface area contributed by atoms with Gasteiger partial charge in [-0.3, -0.25) is 4.90 Å². The molecule has 5 rings (SSSR count). The first-order valence-corrected chi connectivity index (χ1v) is 8.79. The van der Waals surface area contributed by atoms with E-state index in [2.05, 4.69) is 0 Å². The molecule has 1 amide bonds. The van der Waals surface area contributed by atoms with E-state index >= 15 is 0 Å². The largest absolute Gasteiger partial charge is 0.497 e. The highest BCUT2D eigenvalue weighted by molar-refractivity contribution is 5.73. The monoisotopic (exact) mass is 369 g/mol. The second kappa shape index (κ2) is 5.97. The van der Waals surface area contributed by atoms with Gasteiger partial charge in [0.2, 0.25) is 6.79 Å². The number of ether oxygens (including phenoxy) is 5. The summed E-state index contributed by atoms with van der Waals surface area (Å²) < 4.78 is 27.5. The number of carbonyl (C=O) groups is 1. The number of carbonyl (C=O) groups excluding carboxylic acids is 1. The molecule has 2 aromatic carbocycles. The molecule has 1 saturated heterocycles. The van der Waals surface area contributed by atoms with Crippen molar-refractivity contribution in [3.05, 3.63) is 47.0 Å². The lowest BCUT2D eigenvalue weighted by atomic mass is 9.84. The Hall–Kier alpha value is -3.09. The van der Waals surface area contributed by atoms with Crippen molar-refractivity contribution in [2.45, 2.75) is 18.5 Å². The first-order chi connectivity index (χ1) is 13.2. The fourth-order valence-corrected chi connectivity index (χ4v) is 4.15. The van der Waals surface area contributed by atoms with Gasteiger partial charge in [0.05, 0.1) is 26.3 Å². The number of hydrogen-bond acceptors (Lipinski definition) is 6. The van der Waals surface area contributed by atoms with Crippen molar-refractivity contribution in [3.8, 4) is 23.0 Å². The minimum Gasteiger partial charge on any atom is -0.497 e. The third kappa shape index (κ3) is 2.38. The topological polar surface area (TPSA) is 66.5 Å². The SMILES string of the molecule is COc1ccc(OC)c([C@H]2c3cc4c(cc3C[C@@H]3COC(=O)N32)OCO4)c1. The van der Waals surface area contributed by atoms with E-state index < -0.39 is 0 Å². The van der Waals surface area contributed by atoms with Gasteiger partial charge in [-0.25, -0.2) is 4.79 Å². The van der Waals surface area contributed by atoms with Crippen LogP contribution in [0.1, 0.15) is 22.7 Å². The third-order valence-electron chi connectivity index (χ3n) is 5.40. The van der Waals surface area contributed by atoms with Crippen LogP contribution >= 0.6 is 0 Å². The van der Waals surface area contributed by atoms with Gasteiger partial charge in [-0.2, -0.15) is 0 Å². The zero-order valence-electron chi connectivity index (χ0n) is 15.1. The lowest BCUT2D eigenvalue weighted by Gasteiger charge is -2.38. The summed E-state index contributed by atoms with van der Waals surface area (Å²) in [6, 6.07) is 9.18. The number of benzene rings is 2. The summed E-state index contributed by atoms with van der Waals surface area (Å²) in [6.45, 7) is 0.579. The average molecular weight is 369 g/mol. The van der Waals surface area contributed by atoms with Crippen LogP contribution in [-0.2, 0) is 11.2 Å². The smallest absolute Gasteiger partial charge is 0.411 e. The highest BCUT2D eigenvalue weighted by Crippen LogP contribution is 2.48. The van der Waals surface area contributed by atoms with Crippen LogP contribution < -0.4 is 18.9 Å². The molecule has 3 heterocycles. The summed E-state index contributed by atoms with van der Waals surface area (Å²) in [4.78, 5) is 14.4. The molecule has 2 atom stereocenters. The number of cyclic esters (lactones) is 1. The van der Waals surface area contributed by atoms with Crippen LogP contribution in [0.15, 0.2) is 30.3 Å². The van der Waals surface area contributed by atoms with Crippen LogP contribution in [0.4, 0.5) is 4.79 Å². The van der Waals surface area contributed by atoms with E-state index in [4.69, 9.17) is 23.7 Å². The Balaban J connectivity index is 1.73. The lowest BCUT2D eigenvalue weighted by Crippen LogP contribution is -2.43. The Labute approximate surface area is 156 Å². The average Bonchev–Trinajstić information content (AvgIpc) is 3.30. The van der Waals surface area contributed by atoms with Gasteiger partial charge in [0.15, 0.2) is 11.5 Å². The first-order valence-electron chi connectivity index (χ1n) is 8.79. The van der Waals surface area contributed by atoms with Crippen LogP contribution in [-0.4, -0.2) is 44.7 Å². The molecule has 0 aliphatic carbocycles. The molecule has 140 valence electrons. The molecule has 0 bridgehead atoms. The summed E-state index contributed by atoms with van der Waals surface area (Å²) in [6.07, 6.45) is 0.388. The first kappa shape index (κ1) is 16.1. The zero-order chi connectivity index (χ0) is 18.5. The summed E-state index contributed by atoms with van der Waals surface area (Å²) in [5, 5.41) is 0. The van der Waals surface area contributed by atoms with E-state index in [9.17, 15) is 4.79 Å². The van der Waals surface area contributed by atoms with E-state index in [0.717, 1.165) is 22.4 Å². The number of hydrogen-bond donors (Lipinski definition) is 0. The Morgan fingerprint density at radius 3 is 2.59 bits per heavy atom. The summed E-state index contributed by atoms with van der Waals surface area (Å²) >= 11 is 0. The Morgan fingerprint density at radius 2 is 1.81 bits per heavy atom. The number of amides is 1. The second-order valence-corrected chi connectivity index (χ2v) is 6.76. The van der Waals surface area contributed by atoms with Crippen molar-refractivity contribution in [1.82, 2.24) is 4.90 Å². The fraction of sp³-hybridized carbons (Fsp3) is 0.350. The highest BCUT2D eigenvalue weighted by Gasteiger charge is 2.45. The molecule has 7 nitrogen and oxygen atoms in total. The van der Waals surface area contributed by atoms with Crippen molar-refractivity contribution in [3.63, 3.8) is 0 Å². The highest BCUT2D eigenvalue weighted by atomic mass is 16.7. The molecule has 0 unspecified atom stereocenters. The molecule has 0 spiro atoms. The van der Waals surface area contributed by atoms with Gasteiger partial charge in [0.1, 0.15) is 18.1 Å². The molecular weight excluding hydrogens is 350 g/mol. The fourth-order valence-electron chi connectivity index (χ4n) is 4.15. The van der Waals surface area contributed by atoms with Gasteiger partial charge in [-0.05, 0) is 47.9 Å². The summed E-state index contributed by atoms with van der Waals surface area (Å²) in [5.41, 5.74) is 2.95. The number of methoxy groups -OCH3 is 2. The molecule has 0 saturated carbocycles. The minimum atomic E-state index is -0.353. The van der Waals surface area contributed by atoms with Crippen molar-refractivity contribution in [1.29, 1.82) is 0 Å². The maximum atomic E-state index is 12.6. The molecule has 2 aromatic rings. The molecule has 3 aliphatic rings. The van der Waals surface area contributed by atoms with Crippen molar-refractivity contribution in [2.75, 3.05) is 27.6 Å². The van der Waals surface area contributed by atoms with E-state index in [1.54, 1.807) is 19.1 Å². The predicted octanol–water partition coefficient (Wildman–Crippen LogP) is 2.90. The molecule has 0 N–H and O–H groups in total. The lowest BCUT2D eigenvalue weighted by molar-refractivity contribution is 0.147. The van der Waals surface area contributed by atoms with Crippen LogP contribution in [0, 0.1) is 0 Å². The molecule has 27 heavy (non-hydrogen) atoms. The van der Waals surface area contributed by atoms with Crippen LogP contribution in [0.3, 0.4) is 0 Å². The Morgan fingerprint density at radius 1 is 1.00 bits per heavy atom. The number of rotatable bonds is 3. The van der Waals surface area contributed by atoms with Gasteiger partial charge in [-0.1, -0.05) is 0 Å². The van der Waals surface area contributed by atoms with Gasteiger partial charge in [0, 0.05) is 5.56 Å². The second-order valence-electron chi connectivity index (χ2n) is 6.76. The van der Waals surface area contributed by atoms with Crippen molar-refractivity contribution < 1.29 is 28.5 Å². The van der Waals surface area contributed by atoms with Gasteiger partial charge in [-0.15, -0.1) is 0 Å². The summed E-state index contributed by atoms with van der Waals surface area (Å²) in [5.74, 6) is 2.81. The van der Waals surface area contributed by atoms with E-state index in [1.807, 2.05) is 30.3 Å². The quantitative estimate of drug-likeness (QED) is 0.829. The maximum Gasteiger partial charge on any atom is 0.411 e. The normalized spacial score (nSPS) is 22.1. The predicted molar refractivity (Wildman–Crippen MR) is 94.6 cm³/mol. The van der Waals surface area contributed by atoms with Crippen molar-refractivity contribution in [2.24, 2.45) is 0 Å². The maximum absolute atomic E-state index is 12.6. The molecule has 1 fully saturated rings. The Kier molecular flexibility index (Phi) is 3.56. The number of fused-ring (bicyclic) bond motifs is 3. The molecule has 3 aliphatic heterocycles. The molecular formula is C20H19NO6. The van der Waals surface area contributed by atoms with E-state index in [0.29, 0.717) is 30.3 Å². The van der Waals surface area contributed by atoms with Gasteiger partial charge >= 0.3 is 6.09 Å². The minimum absolute atomic E-state index is 0.0359. The van der Waals surface area contributed by atoms with Gasteiger partial charge in [0.25, 0.3) is 0 Å².